The number of carboxylic acids is 1. The number of carbonyl (C=O) groups excluding carboxylic acids is 1. The number of aliphatic carboxylic acids is 1. The molecule has 1 amide bonds. The van der Waals surface area contributed by atoms with Crippen molar-refractivity contribution in [2.24, 2.45) is 17.3 Å². The predicted molar refractivity (Wildman–Crippen MR) is 67.5 cm³/mol. The van der Waals surface area contributed by atoms with Crippen LogP contribution in [0.25, 0.3) is 0 Å². The van der Waals surface area contributed by atoms with Crippen molar-refractivity contribution < 1.29 is 19.4 Å². The Balaban J connectivity index is 1.60. The van der Waals surface area contributed by atoms with E-state index in [1.54, 1.807) is 4.90 Å². The van der Waals surface area contributed by atoms with Gasteiger partial charge in [-0.15, -0.1) is 0 Å². The van der Waals surface area contributed by atoms with Crippen LogP contribution in [-0.2, 0) is 14.3 Å². The van der Waals surface area contributed by atoms with Gasteiger partial charge in [0.1, 0.15) is 0 Å². The minimum atomic E-state index is -0.769. The zero-order valence-electron chi connectivity index (χ0n) is 11.1. The molecule has 2 heterocycles. The van der Waals surface area contributed by atoms with Crippen molar-refractivity contribution in [2.45, 2.75) is 32.1 Å². The number of hydrogen-bond donors (Lipinski definition) is 1. The van der Waals surface area contributed by atoms with Gasteiger partial charge < -0.3 is 14.7 Å². The van der Waals surface area contributed by atoms with E-state index in [0.717, 1.165) is 45.4 Å². The average Bonchev–Trinajstić information content (AvgIpc) is 3.12. The van der Waals surface area contributed by atoms with Crippen molar-refractivity contribution in [2.75, 3.05) is 26.3 Å². The van der Waals surface area contributed by atoms with Gasteiger partial charge in [-0.2, -0.15) is 0 Å². The van der Waals surface area contributed by atoms with Crippen LogP contribution in [0.5, 0.6) is 0 Å². The molecule has 1 saturated carbocycles. The van der Waals surface area contributed by atoms with E-state index in [2.05, 4.69) is 0 Å². The molecule has 0 bridgehead atoms. The third kappa shape index (κ3) is 2.36. The van der Waals surface area contributed by atoms with Crippen molar-refractivity contribution in [1.82, 2.24) is 4.90 Å². The molecule has 0 aromatic carbocycles. The summed E-state index contributed by atoms with van der Waals surface area (Å²) in [6, 6.07) is 0. The lowest BCUT2D eigenvalue weighted by molar-refractivity contribution is -0.146. The second-order valence-electron chi connectivity index (χ2n) is 6.19. The fourth-order valence-corrected chi connectivity index (χ4v) is 3.63. The quantitative estimate of drug-likeness (QED) is 0.814. The lowest BCUT2D eigenvalue weighted by atomic mass is 9.92. The van der Waals surface area contributed by atoms with Gasteiger partial charge >= 0.3 is 5.97 Å². The Bertz CT molecular complexity index is 389. The number of carboxylic acid groups (broad SMARTS) is 1. The van der Waals surface area contributed by atoms with E-state index >= 15 is 0 Å². The van der Waals surface area contributed by atoms with Gasteiger partial charge in [0.15, 0.2) is 0 Å². The molecular formula is C14H21NO4. The predicted octanol–water partition coefficient (Wildman–Crippen LogP) is 1.13. The molecule has 2 aliphatic heterocycles. The SMILES string of the molecule is O=C(O)[C@@H]1CCCN(C(=O)[C@H]2CC23CCOCC3)C1. The van der Waals surface area contributed by atoms with Gasteiger partial charge in [-0.05, 0) is 37.5 Å². The second kappa shape index (κ2) is 4.78. The fourth-order valence-electron chi connectivity index (χ4n) is 3.63. The van der Waals surface area contributed by atoms with Crippen molar-refractivity contribution in [3.05, 3.63) is 0 Å². The molecule has 1 spiro atoms. The number of amides is 1. The van der Waals surface area contributed by atoms with Crippen LogP contribution in [0.3, 0.4) is 0 Å². The summed E-state index contributed by atoms with van der Waals surface area (Å²) in [6.07, 6.45) is 4.46. The van der Waals surface area contributed by atoms with Gasteiger partial charge in [0.2, 0.25) is 5.91 Å². The summed E-state index contributed by atoms with van der Waals surface area (Å²) < 4.78 is 5.36. The van der Waals surface area contributed by atoms with Gasteiger partial charge in [0.05, 0.1) is 5.92 Å². The van der Waals surface area contributed by atoms with E-state index in [0.29, 0.717) is 13.0 Å². The largest absolute Gasteiger partial charge is 0.481 e. The first-order chi connectivity index (χ1) is 9.12. The molecule has 0 radical (unpaired) electrons. The number of carbonyl (C=O) groups is 2. The molecule has 5 nitrogen and oxygen atoms in total. The summed E-state index contributed by atoms with van der Waals surface area (Å²) in [7, 11) is 0. The average molecular weight is 267 g/mol. The Morgan fingerprint density at radius 1 is 1.26 bits per heavy atom. The normalized spacial score (nSPS) is 33.2. The maximum absolute atomic E-state index is 12.5. The van der Waals surface area contributed by atoms with Crippen LogP contribution in [0, 0.1) is 17.3 Å². The summed E-state index contributed by atoms with van der Waals surface area (Å²) in [5.74, 6) is -0.826. The molecule has 106 valence electrons. The van der Waals surface area contributed by atoms with E-state index < -0.39 is 5.97 Å². The summed E-state index contributed by atoms with van der Waals surface area (Å²) in [4.78, 5) is 25.3. The highest BCUT2D eigenvalue weighted by Gasteiger charge is 2.59. The fraction of sp³-hybridized carbons (Fsp3) is 0.857. The van der Waals surface area contributed by atoms with Crippen molar-refractivity contribution >= 4 is 11.9 Å². The van der Waals surface area contributed by atoms with E-state index in [-0.39, 0.29) is 23.2 Å². The smallest absolute Gasteiger partial charge is 0.308 e. The van der Waals surface area contributed by atoms with Crippen LogP contribution in [0.2, 0.25) is 0 Å². The van der Waals surface area contributed by atoms with E-state index in [9.17, 15) is 9.59 Å². The zero-order valence-corrected chi connectivity index (χ0v) is 11.1. The van der Waals surface area contributed by atoms with Gasteiger partial charge in [0, 0.05) is 32.2 Å². The third-order valence-electron chi connectivity index (χ3n) is 5.06. The summed E-state index contributed by atoms with van der Waals surface area (Å²) >= 11 is 0. The number of likely N-dealkylation sites (tertiary alicyclic amines) is 1. The molecule has 2 atom stereocenters. The van der Waals surface area contributed by atoms with Gasteiger partial charge in [0.25, 0.3) is 0 Å². The van der Waals surface area contributed by atoms with Crippen LogP contribution < -0.4 is 0 Å². The monoisotopic (exact) mass is 267 g/mol. The van der Waals surface area contributed by atoms with Crippen molar-refractivity contribution in [3.8, 4) is 0 Å². The van der Waals surface area contributed by atoms with Crippen molar-refractivity contribution in [1.29, 1.82) is 0 Å². The molecule has 0 aromatic rings. The van der Waals surface area contributed by atoms with Crippen molar-refractivity contribution in [3.63, 3.8) is 0 Å². The molecule has 0 aromatic heterocycles. The lowest BCUT2D eigenvalue weighted by Gasteiger charge is -2.32. The van der Waals surface area contributed by atoms with Crippen LogP contribution in [-0.4, -0.2) is 48.2 Å². The molecule has 3 rings (SSSR count). The molecule has 3 fully saturated rings. The maximum Gasteiger partial charge on any atom is 0.308 e. The zero-order chi connectivity index (χ0) is 13.5. The van der Waals surface area contributed by atoms with Crippen LogP contribution in [0.4, 0.5) is 0 Å². The Labute approximate surface area is 112 Å². The number of rotatable bonds is 2. The molecule has 0 unspecified atom stereocenters. The summed E-state index contributed by atoms with van der Waals surface area (Å²) in [5, 5.41) is 9.08. The first-order valence-corrected chi connectivity index (χ1v) is 7.22. The number of nitrogens with zero attached hydrogens (tertiary/aromatic N) is 1. The molecule has 19 heavy (non-hydrogen) atoms. The topological polar surface area (TPSA) is 66.8 Å². The molecular weight excluding hydrogens is 246 g/mol. The van der Waals surface area contributed by atoms with Crippen LogP contribution in [0.1, 0.15) is 32.1 Å². The second-order valence-corrected chi connectivity index (χ2v) is 6.19. The minimum absolute atomic E-state index is 0.129. The Morgan fingerprint density at radius 2 is 2.00 bits per heavy atom. The highest BCUT2D eigenvalue weighted by Crippen LogP contribution is 2.59. The number of ether oxygens (including phenoxy) is 1. The van der Waals surface area contributed by atoms with E-state index in [1.807, 2.05) is 0 Å². The van der Waals surface area contributed by atoms with Gasteiger partial charge in [-0.1, -0.05) is 0 Å². The minimum Gasteiger partial charge on any atom is -0.481 e. The lowest BCUT2D eigenvalue weighted by Crippen LogP contribution is -2.43. The van der Waals surface area contributed by atoms with E-state index in [4.69, 9.17) is 9.84 Å². The Hall–Kier alpha value is -1.10. The summed E-state index contributed by atoms with van der Waals surface area (Å²) in [5.41, 5.74) is 0.186. The Morgan fingerprint density at radius 3 is 2.68 bits per heavy atom. The van der Waals surface area contributed by atoms with Crippen LogP contribution in [0.15, 0.2) is 0 Å². The standard InChI is InChI=1S/C14H21NO4/c16-12(11-8-14(11)3-6-19-7-4-14)15-5-1-2-10(9-15)13(17)18/h10-11H,1-9H2,(H,17,18)/t10-,11-/m1/s1. The first-order valence-electron chi connectivity index (χ1n) is 7.22. The highest BCUT2D eigenvalue weighted by molar-refractivity contribution is 5.83. The van der Waals surface area contributed by atoms with E-state index in [1.165, 1.54) is 0 Å². The molecule has 1 N–H and O–H groups in total. The number of piperidine rings is 1. The third-order valence-corrected chi connectivity index (χ3v) is 5.06. The molecule has 3 aliphatic rings. The number of hydrogen-bond acceptors (Lipinski definition) is 3. The van der Waals surface area contributed by atoms with Gasteiger partial charge in [-0.3, -0.25) is 9.59 Å². The Kier molecular flexibility index (Phi) is 3.25. The maximum atomic E-state index is 12.5. The summed E-state index contributed by atoms with van der Waals surface area (Å²) in [6.45, 7) is 2.66. The highest BCUT2D eigenvalue weighted by atomic mass is 16.5. The van der Waals surface area contributed by atoms with Crippen LogP contribution >= 0.6 is 0 Å². The first kappa shape index (κ1) is 12.9. The molecule has 2 saturated heterocycles. The molecule has 5 heteroatoms. The molecule has 1 aliphatic carbocycles. The van der Waals surface area contributed by atoms with Gasteiger partial charge in [-0.25, -0.2) is 0 Å².